The molecule has 0 fully saturated rings. The second kappa shape index (κ2) is 14.4. The summed E-state index contributed by atoms with van der Waals surface area (Å²) in [6.07, 6.45) is 4.15. The van der Waals surface area contributed by atoms with Gasteiger partial charge in [-0.1, -0.05) is 117 Å². The van der Waals surface area contributed by atoms with Gasteiger partial charge in [0.1, 0.15) is 17.2 Å². The molecule has 0 atom stereocenters. The topological polar surface area (TPSA) is 30.9 Å². The van der Waals surface area contributed by atoms with Crippen LogP contribution in [-0.2, 0) is 0 Å². The standard InChI is InChI=1S/C53H44N5/c1-36(2)44-22-8-9-23-45(44)39-30-31-54-52(32-39)58-48-25-11-10-24-46(48)47-29-28-43(34-51(47)58)57(53-37(3)16-14-17-38(53)4)42-21-15-20-41(33-42)56-35-55(40-18-6-5-7-19-40)49-26-12-13-27-50(49)56/h5-36H,1-4H3/q+1. The third kappa shape index (κ3) is 5.95. The second-order valence-electron chi connectivity index (χ2n) is 15.5. The molecule has 10 aromatic rings. The number of aromatic nitrogens is 4. The number of nitrogens with zero attached hydrogens (tertiary/aromatic N) is 5. The summed E-state index contributed by atoms with van der Waals surface area (Å²) in [6, 6.07) is 63.3. The summed E-state index contributed by atoms with van der Waals surface area (Å²) in [7, 11) is 0. The minimum atomic E-state index is 0.402. The van der Waals surface area contributed by atoms with E-state index in [-0.39, 0.29) is 0 Å². The number of pyridine rings is 1. The van der Waals surface area contributed by atoms with E-state index in [4.69, 9.17) is 4.98 Å². The van der Waals surface area contributed by atoms with Crippen LogP contribution in [-0.4, -0.2) is 18.7 Å². The largest absolute Gasteiger partial charge is 0.309 e. The van der Waals surface area contributed by atoms with Crippen LogP contribution in [0.3, 0.4) is 0 Å². The first kappa shape index (κ1) is 35.2. The molecule has 0 aliphatic heterocycles. The molecule has 5 nitrogen and oxygen atoms in total. The van der Waals surface area contributed by atoms with Gasteiger partial charge in [-0.25, -0.2) is 4.98 Å². The molecule has 0 amide bonds. The Hall–Kier alpha value is -7.24. The van der Waals surface area contributed by atoms with E-state index in [1.54, 1.807) is 0 Å². The lowest BCUT2D eigenvalue weighted by atomic mass is 9.93. The lowest BCUT2D eigenvalue weighted by molar-refractivity contribution is 0.869. The molecule has 280 valence electrons. The van der Waals surface area contributed by atoms with Gasteiger partial charge in [-0.05, 0) is 102 Å². The third-order valence-electron chi connectivity index (χ3n) is 11.5. The van der Waals surface area contributed by atoms with Gasteiger partial charge in [0, 0.05) is 40.9 Å². The van der Waals surface area contributed by atoms with Crippen LogP contribution in [0.2, 0.25) is 0 Å². The quantitative estimate of drug-likeness (QED) is 0.145. The number of hydrogen-bond donors (Lipinski definition) is 0. The zero-order valence-electron chi connectivity index (χ0n) is 33.2. The summed E-state index contributed by atoms with van der Waals surface area (Å²) in [5, 5.41) is 2.39. The molecule has 58 heavy (non-hydrogen) atoms. The van der Waals surface area contributed by atoms with E-state index in [1.807, 2.05) is 6.20 Å². The van der Waals surface area contributed by atoms with Crippen molar-refractivity contribution in [3.05, 3.63) is 205 Å². The van der Waals surface area contributed by atoms with Crippen LogP contribution in [0, 0.1) is 13.8 Å². The summed E-state index contributed by atoms with van der Waals surface area (Å²) in [5.41, 5.74) is 16.2. The van der Waals surface area contributed by atoms with E-state index >= 15 is 0 Å². The lowest BCUT2D eigenvalue weighted by Gasteiger charge is -2.29. The zero-order valence-corrected chi connectivity index (χ0v) is 33.2. The highest BCUT2D eigenvalue weighted by Gasteiger charge is 2.23. The SMILES string of the molecule is Cc1cccc(C)c1N(c1cccc(-n2[cH+]n(-c3ccccc3)c3ccccc32)c1)c1ccc2c3ccccc3n(-c3cc(-c4ccccc4C(C)C)ccn3)c2c1. The van der Waals surface area contributed by atoms with Gasteiger partial charge in [-0.2, -0.15) is 9.13 Å². The highest BCUT2D eigenvalue weighted by Crippen LogP contribution is 2.43. The molecule has 0 aliphatic rings. The Labute approximate surface area is 339 Å². The summed E-state index contributed by atoms with van der Waals surface area (Å²) in [4.78, 5) is 7.47. The molecule has 0 radical (unpaired) electrons. The molecular weight excluding hydrogens is 707 g/mol. The summed E-state index contributed by atoms with van der Waals surface area (Å²) in [5.74, 6) is 1.30. The van der Waals surface area contributed by atoms with E-state index in [1.165, 1.54) is 38.7 Å². The number of anilines is 3. The van der Waals surface area contributed by atoms with Crippen molar-refractivity contribution in [1.82, 2.24) is 18.7 Å². The summed E-state index contributed by atoms with van der Waals surface area (Å²) < 4.78 is 6.90. The van der Waals surface area contributed by atoms with Gasteiger partial charge < -0.3 is 4.90 Å². The van der Waals surface area contributed by atoms with Crippen molar-refractivity contribution in [3.63, 3.8) is 0 Å². The first-order chi connectivity index (χ1) is 28.4. The van der Waals surface area contributed by atoms with Crippen molar-refractivity contribution in [2.75, 3.05) is 4.90 Å². The van der Waals surface area contributed by atoms with Crippen molar-refractivity contribution >= 4 is 49.9 Å². The summed E-state index contributed by atoms with van der Waals surface area (Å²) >= 11 is 0. The minimum absolute atomic E-state index is 0.402. The Morgan fingerprint density at radius 1 is 0.517 bits per heavy atom. The molecular formula is C53H44N5+. The molecule has 0 N–H and O–H groups in total. The van der Waals surface area contributed by atoms with Crippen LogP contribution >= 0.6 is 0 Å². The van der Waals surface area contributed by atoms with Crippen LogP contribution in [0.1, 0.15) is 36.5 Å². The molecule has 0 unspecified atom stereocenters. The maximum Gasteiger partial charge on any atom is 0.168 e. The van der Waals surface area contributed by atoms with Crippen molar-refractivity contribution < 1.29 is 0 Å². The van der Waals surface area contributed by atoms with Crippen LogP contribution < -0.4 is 4.90 Å². The van der Waals surface area contributed by atoms with Crippen LogP contribution in [0.15, 0.2) is 188 Å². The van der Waals surface area contributed by atoms with Gasteiger partial charge in [0.05, 0.1) is 22.4 Å². The van der Waals surface area contributed by atoms with Gasteiger partial charge in [-0.15, -0.1) is 0 Å². The molecule has 7 aromatic carbocycles. The fourth-order valence-corrected chi connectivity index (χ4v) is 8.78. The third-order valence-corrected chi connectivity index (χ3v) is 11.5. The van der Waals surface area contributed by atoms with Gasteiger partial charge in [0.2, 0.25) is 0 Å². The molecule has 0 spiro atoms. The monoisotopic (exact) mass is 750 g/mol. The molecule has 5 heteroatoms. The number of benzene rings is 7. The molecule has 0 saturated carbocycles. The fourth-order valence-electron chi connectivity index (χ4n) is 8.78. The van der Waals surface area contributed by atoms with Gasteiger partial charge in [0.15, 0.2) is 17.4 Å². The molecule has 3 aromatic heterocycles. The van der Waals surface area contributed by atoms with Gasteiger partial charge >= 0.3 is 0 Å². The normalized spacial score (nSPS) is 11.6. The minimum Gasteiger partial charge on any atom is -0.309 e. The highest BCUT2D eigenvalue weighted by atomic mass is 15.2. The predicted molar refractivity (Wildman–Crippen MR) is 243 cm³/mol. The lowest BCUT2D eigenvalue weighted by Crippen LogP contribution is -2.13. The van der Waals surface area contributed by atoms with Crippen LogP contribution in [0.5, 0.6) is 0 Å². The van der Waals surface area contributed by atoms with E-state index in [9.17, 15) is 0 Å². The van der Waals surface area contributed by atoms with Crippen LogP contribution in [0.4, 0.5) is 17.1 Å². The highest BCUT2D eigenvalue weighted by molar-refractivity contribution is 6.10. The fraction of sp³-hybridized carbons (Fsp3) is 0.0943. The number of aryl methyl sites for hydroxylation is 2. The zero-order chi connectivity index (χ0) is 39.3. The molecule has 10 rings (SSSR count). The number of fused-ring (bicyclic) bond motifs is 4. The molecule has 0 saturated heterocycles. The number of para-hydroxylation sites is 5. The Morgan fingerprint density at radius 2 is 1.14 bits per heavy atom. The number of hydrogen-bond acceptors (Lipinski definition) is 2. The van der Waals surface area contributed by atoms with Crippen molar-refractivity contribution in [2.45, 2.75) is 33.6 Å². The first-order valence-electron chi connectivity index (χ1n) is 20.1. The molecule has 0 aliphatic carbocycles. The number of rotatable bonds is 8. The Bertz CT molecular complexity index is 3110. The number of imidazole rings is 1. The smallest absolute Gasteiger partial charge is 0.168 e. The average molecular weight is 751 g/mol. The van der Waals surface area contributed by atoms with E-state index in [0.29, 0.717) is 5.92 Å². The Balaban J connectivity index is 1.18. The first-order valence-corrected chi connectivity index (χ1v) is 20.1. The second-order valence-corrected chi connectivity index (χ2v) is 15.5. The maximum atomic E-state index is 5.04. The van der Waals surface area contributed by atoms with Crippen molar-refractivity contribution in [3.8, 4) is 28.3 Å². The predicted octanol–water partition coefficient (Wildman–Crippen LogP) is 14.1. The Morgan fingerprint density at radius 3 is 1.91 bits per heavy atom. The van der Waals surface area contributed by atoms with E-state index in [2.05, 4.69) is 229 Å². The van der Waals surface area contributed by atoms with Crippen LogP contribution in [0.25, 0.3) is 61.2 Å². The van der Waals surface area contributed by atoms with Crippen molar-refractivity contribution in [1.29, 1.82) is 0 Å². The van der Waals surface area contributed by atoms with E-state index in [0.717, 1.165) is 56.2 Å². The molecule has 3 heterocycles. The molecule has 0 bridgehead atoms. The van der Waals surface area contributed by atoms with Gasteiger partial charge in [0.25, 0.3) is 0 Å². The van der Waals surface area contributed by atoms with E-state index < -0.39 is 0 Å². The Kier molecular flexibility index (Phi) is 8.71. The maximum absolute atomic E-state index is 5.04. The average Bonchev–Trinajstić information content (AvgIpc) is 3.82. The van der Waals surface area contributed by atoms with Crippen molar-refractivity contribution in [2.24, 2.45) is 0 Å². The van der Waals surface area contributed by atoms with Gasteiger partial charge in [-0.3, -0.25) is 4.57 Å². The summed E-state index contributed by atoms with van der Waals surface area (Å²) in [6.45, 7) is 8.94.